The van der Waals surface area contributed by atoms with Crippen molar-refractivity contribution in [3.63, 3.8) is 0 Å². The molecule has 1 atom stereocenters. The van der Waals surface area contributed by atoms with Crippen molar-refractivity contribution in [1.82, 2.24) is 0 Å². The van der Waals surface area contributed by atoms with Crippen LogP contribution in [-0.2, 0) is 10.2 Å². The lowest BCUT2D eigenvalue weighted by molar-refractivity contribution is -0.118. The lowest BCUT2D eigenvalue weighted by atomic mass is 9.70. The molecule has 2 N–H and O–H groups in total. The van der Waals surface area contributed by atoms with Gasteiger partial charge in [0.1, 0.15) is 17.0 Å². The third kappa shape index (κ3) is 2.33. The molecule has 1 aliphatic rings. The van der Waals surface area contributed by atoms with Gasteiger partial charge >= 0.3 is 0 Å². The molecule has 3 aromatic rings. The second-order valence-electron chi connectivity index (χ2n) is 6.50. The van der Waals surface area contributed by atoms with E-state index in [2.05, 4.69) is 5.32 Å². The summed E-state index contributed by atoms with van der Waals surface area (Å²) in [7, 11) is 0. The Kier molecular flexibility index (Phi) is 3.73. The first-order chi connectivity index (χ1) is 12.9. The molecule has 0 aliphatic carbocycles. The van der Waals surface area contributed by atoms with Crippen molar-refractivity contribution >= 4 is 11.6 Å². The summed E-state index contributed by atoms with van der Waals surface area (Å²) >= 11 is 0. The minimum Gasteiger partial charge on any atom is -0.508 e. The maximum Gasteiger partial charge on any atom is 0.244 e. The monoisotopic (exact) mass is 369 g/mol. The Morgan fingerprint density at radius 2 is 1.56 bits per heavy atom. The maximum atomic E-state index is 14.4. The van der Waals surface area contributed by atoms with E-state index in [0.717, 1.165) is 6.07 Å². The van der Waals surface area contributed by atoms with Crippen LogP contribution in [0.1, 0.15) is 22.3 Å². The number of fused-ring (bicyclic) bond motifs is 1. The van der Waals surface area contributed by atoms with Gasteiger partial charge in [0.25, 0.3) is 0 Å². The number of aryl methyl sites for hydroxylation is 1. The lowest BCUT2D eigenvalue weighted by Gasteiger charge is -2.29. The first kappa shape index (κ1) is 17.1. The highest BCUT2D eigenvalue weighted by Crippen LogP contribution is 2.49. The summed E-state index contributed by atoms with van der Waals surface area (Å²) in [6.45, 7) is 1.59. The van der Waals surface area contributed by atoms with Gasteiger partial charge < -0.3 is 10.4 Å². The van der Waals surface area contributed by atoms with Crippen molar-refractivity contribution in [2.45, 2.75) is 12.3 Å². The maximum absolute atomic E-state index is 14.4. The molecule has 4 rings (SSSR count). The van der Waals surface area contributed by atoms with Gasteiger partial charge in [0.2, 0.25) is 5.91 Å². The topological polar surface area (TPSA) is 49.3 Å². The third-order valence-electron chi connectivity index (χ3n) is 4.98. The SMILES string of the molecule is Cc1ccc(C2(c3ccc(O)cc3)C(=O)Nc3c2ccc(F)c3F)cc1F. The molecule has 1 aliphatic heterocycles. The second kappa shape index (κ2) is 5.87. The highest BCUT2D eigenvalue weighted by molar-refractivity contribution is 6.11. The minimum atomic E-state index is -1.58. The van der Waals surface area contributed by atoms with Gasteiger partial charge in [0.15, 0.2) is 11.6 Å². The fourth-order valence-electron chi connectivity index (χ4n) is 3.59. The number of phenols is 1. The number of benzene rings is 3. The Labute approximate surface area is 153 Å². The number of nitrogens with one attached hydrogen (secondary N) is 1. The number of rotatable bonds is 2. The summed E-state index contributed by atoms with van der Waals surface area (Å²) in [5.74, 6) is -3.43. The predicted molar refractivity (Wildman–Crippen MR) is 94.1 cm³/mol. The number of carbonyl (C=O) groups is 1. The molecule has 1 unspecified atom stereocenters. The number of amides is 1. The number of carbonyl (C=O) groups excluding carboxylic acids is 1. The molecule has 1 heterocycles. The Balaban J connectivity index is 2.10. The van der Waals surface area contributed by atoms with Gasteiger partial charge in [-0.25, -0.2) is 13.2 Å². The molecule has 0 radical (unpaired) electrons. The fraction of sp³-hybridized carbons (Fsp3) is 0.0952. The van der Waals surface area contributed by atoms with Crippen molar-refractivity contribution < 1.29 is 23.1 Å². The van der Waals surface area contributed by atoms with Gasteiger partial charge in [-0.3, -0.25) is 4.79 Å². The zero-order valence-electron chi connectivity index (χ0n) is 14.2. The molecule has 0 saturated carbocycles. The fourth-order valence-corrected chi connectivity index (χ4v) is 3.59. The van der Waals surface area contributed by atoms with E-state index < -0.39 is 28.8 Å². The molecule has 27 heavy (non-hydrogen) atoms. The lowest BCUT2D eigenvalue weighted by Crippen LogP contribution is -2.37. The molecule has 0 bridgehead atoms. The summed E-state index contributed by atoms with van der Waals surface area (Å²) in [4.78, 5) is 13.1. The van der Waals surface area contributed by atoms with Crippen LogP contribution in [0.2, 0.25) is 0 Å². The van der Waals surface area contributed by atoms with Crippen LogP contribution in [0.5, 0.6) is 5.75 Å². The van der Waals surface area contributed by atoms with E-state index >= 15 is 0 Å². The number of aromatic hydroxyl groups is 1. The molecular weight excluding hydrogens is 355 g/mol. The molecule has 0 spiro atoms. The zero-order valence-corrected chi connectivity index (χ0v) is 14.2. The molecule has 0 aromatic heterocycles. The number of hydrogen-bond donors (Lipinski definition) is 2. The molecule has 136 valence electrons. The third-order valence-corrected chi connectivity index (χ3v) is 4.98. The minimum absolute atomic E-state index is 0.0205. The normalized spacial score (nSPS) is 18.3. The van der Waals surface area contributed by atoms with Crippen LogP contribution in [-0.4, -0.2) is 11.0 Å². The van der Waals surface area contributed by atoms with Crippen LogP contribution in [0, 0.1) is 24.4 Å². The van der Waals surface area contributed by atoms with Crippen LogP contribution in [0.15, 0.2) is 54.6 Å². The average Bonchev–Trinajstić information content (AvgIpc) is 2.95. The average molecular weight is 369 g/mol. The van der Waals surface area contributed by atoms with E-state index in [1.807, 2.05) is 0 Å². The summed E-state index contributed by atoms with van der Waals surface area (Å²) in [6, 6.07) is 12.4. The van der Waals surface area contributed by atoms with E-state index in [0.29, 0.717) is 11.1 Å². The van der Waals surface area contributed by atoms with Gasteiger partial charge in [-0.1, -0.05) is 30.3 Å². The quantitative estimate of drug-likeness (QED) is 0.703. The molecule has 3 aromatic carbocycles. The summed E-state index contributed by atoms with van der Waals surface area (Å²) < 4.78 is 42.4. The van der Waals surface area contributed by atoms with Crippen molar-refractivity contribution in [1.29, 1.82) is 0 Å². The molecular formula is C21H14F3NO2. The van der Waals surface area contributed by atoms with Gasteiger partial charge in [-0.05, 0) is 47.9 Å². The predicted octanol–water partition coefficient (Wildman–Crippen LogP) is 4.40. The first-order valence-corrected chi connectivity index (χ1v) is 8.21. The second-order valence-corrected chi connectivity index (χ2v) is 6.50. The number of anilines is 1. The molecule has 0 saturated heterocycles. The molecule has 0 fully saturated rings. The molecule has 6 heteroatoms. The van der Waals surface area contributed by atoms with Gasteiger partial charge in [-0.15, -0.1) is 0 Å². The Bertz CT molecular complexity index is 1080. The summed E-state index contributed by atoms with van der Waals surface area (Å²) in [5.41, 5.74) is -0.603. The van der Waals surface area contributed by atoms with Crippen molar-refractivity contribution in [3.05, 3.63) is 94.3 Å². The standard InChI is InChI=1S/C21H14F3NO2/c1-11-2-3-13(10-17(11)23)21(12-4-6-14(26)7-5-12)15-8-9-16(22)18(24)19(15)25-20(21)27/h2-10,26H,1H3,(H,25,27). The van der Waals surface area contributed by atoms with Crippen molar-refractivity contribution in [2.75, 3.05) is 5.32 Å². The van der Waals surface area contributed by atoms with Crippen LogP contribution in [0.3, 0.4) is 0 Å². The van der Waals surface area contributed by atoms with E-state index in [-0.39, 0.29) is 22.6 Å². The van der Waals surface area contributed by atoms with Crippen LogP contribution in [0.25, 0.3) is 0 Å². The van der Waals surface area contributed by atoms with E-state index in [1.54, 1.807) is 13.0 Å². The largest absolute Gasteiger partial charge is 0.508 e. The van der Waals surface area contributed by atoms with Crippen LogP contribution < -0.4 is 5.32 Å². The van der Waals surface area contributed by atoms with Gasteiger partial charge in [0.05, 0.1) is 5.69 Å². The summed E-state index contributed by atoms with van der Waals surface area (Å²) in [6.07, 6.45) is 0. The van der Waals surface area contributed by atoms with Gasteiger partial charge in [-0.2, -0.15) is 0 Å². The summed E-state index contributed by atoms with van der Waals surface area (Å²) in [5, 5.41) is 12.0. The van der Waals surface area contributed by atoms with E-state index in [4.69, 9.17) is 0 Å². The number of hydrogen-bond acceptors (Lipinski definition) is 2. The van der Waals surface area contributed by atoms with Gasteiger partial charge in [0, 0.05) is 5.56 Å². The molecule has 3 nitrogen and oxygen atoms in total. The van der Waals surface area contributed by atoms with Crippen LogP contribution >= 0.6 is 0 Å². The highest BCUT2D eigenvalue weighted by Gasteiger charge is 2.51. The van der Waals surface area contributed by atoms with Crippen molar-refractivity contribution in [2.24, 2.45) is 0 Å². The Morgan fingerprint density at radius 3 is 2.22 bits per heavy atom. The van der Waals surface area contributed by atoms with Crippen LogP contribution in [0.4, 0.5) is 18.9 Å². The first-order valence-electron chi connectivity index (χ1n) is 8.21. The Hall–Kier alpha value is -3.28. The van der Waals surface area contributed by atoms with E-state index in [1.165, 1.54) is 42.5 Å². The van der Waals surface area contributed by atoms with Crippen molar-refractivity contribution in [3.8, 4) is 5.75 Å². The Morgan fingerprint density at radius 1 is 0.889 bits per heavy atom. The number of halogens is 3. The van der Waals surface area contributed by atoms with E-state index in [9.17, 15) is 23.1 Å². The highest BCUT2D eigenvalue weighted by atomic mass is 19.2. The molecule has 1 amide bonds. The zero-order chi connectivity index (χ0) is 19.3. The smallest absolute Gasteiger partial charge is 0.244 e. The number of phenolic OH excluding ortho intramolecular Hbond substituents is 1.